The van der Waals surface area contributed by atoms with Crippen LogP contribution >= 0.6 is 34.3 Å². The number of H-pyrrole nitrogens is 1. The second kappa shape index (κ2) is 10.1. The lowest BCUT2D eigenvalue weighted by molar-refractivity contribution is 0.602. The monoisotopic (exact) mass is 514 g/mol. The molecular formula is C22H20ClFN8S2. The van der Waals surface area contributed by atoms with E-state index < -0.39 is 0 Å². The van der Waals surface area contributed by atoms with Crippen LogP contribution in [0.4, 0.5) is 10.2 Å². The number of aryl methyl sites for hydroxylation is 1. The van der Waals surface area contributed by atoms with E-state index in [1.165, 1.54) is 35.1 Å². The number of aromatic nitrogens is 6. The molecule has 5 heterocycles. The largest absolute Gasteiger partial charge is 0.362 e. The van der Waals surface area contributed by atoms with Gasteiger partial charge < -0.3 is 15.6 Å². The molecule has 12 heteroatoms. The third-order valence-electron chi connectivity index (χ3n) is 5.02. The number of thiophene rings is 1. The van der Waals surface area contributed by atoms with Crippen molar-refractivity contribution in [2.45, 2.75) is 26.4 Å². The number of nitrogens with zero attached hydrogens (tertiary/aromatic N) is 5. The Kier molecular flexibility index (Phi) is 6.77. The molecule has 5 rings (SSSR count). The van der Waals surface area contributed by atoms with E-state index in [9.17, 15) is 4.39 Å². The van der Waals surface area contributed by atoms with E-state index >= 15 is 0 Å². The lowest BCUT2D eigenvalue weighted by Crippen LogP contribution is -2.17. The highest BCUT2D eigenvalue weighted by molar-refractivity contribution is 7.19. The van der Waals surface area contributed by atoms with Crippen molar-refractivity contribution in [3.8, 4) is 10.6 Å². The summed E-state index contributed by atoms with van der Waals surface area (Å²) in [4.78, 5) is 27.2. The van der Waals surface area contributed by atoms with Gasteiger partial charge in [-0.1, -0.05) is 22.9 Å². The molecule has 0 aliphatic heterocycles. The van der Waals surface area contributed by atoms with Crippen molar-refractivity contribution >= 4 is 50.4 Å². The van der Waals surface area contributed by atoms with Crippen molar-refractivity contribution in [2.24, 2.45) is 0 Å². The molecule has 0 saturated carbocycles. The molecule has 34 heavy (non-hydrogen) atoms. The fraction of sp³-hybridized carbons (Fsp3) is 0.227. The molecule has 174 valence electrons. The van der Waals surface area contributed by atoms with Gasteiger partial charge in [0.1, 0.15) is 34.0 Å². The minimum Gasteiger partial charge on any atom is -0.362 e. The van der Waals surface area contributed by atoms with Gasteiger partial charge in [-0.25, -0.2) is 24.3 Å². The zero-order valence-electron chi connectivity index (χ0n) is 18.1. The van der Waals surface area contributed by atoms with Crippen LogP contribution in [0.2, 0.25) is 4.34 Å². The maximum absolute atomic E-state index is 13.9. The van der Waals surface area contributed by atoms with Crippen LogP contribution in [0.25, 0.3) is 20.9 Å². The van der Waals surface area contributed by atoms with Crippen LogP contribution in [-0.2, 0) is 19.5 Å². The predicted molar refractivity (Wildman–Crippen MR) is 134 cm³/mol. The number of hydrogen-bond acceptors (Lipinski definition) is 9. The Morgan fingerprint density at radius 3 is 2.82 bits per heavy atom. The molecule has 0 aliphatic rings. The van der Waals surface area contributed by atoms with Gasteiger partial charge in [0.05, 0.1) is 32.2 Å². The molecule has 0 aromatic carbocycles. The summed E-state index contributed by atoms with van der Waals surface area (Å²) in [5.41, 5.74) is 2.96. The fourth-order valence-corrected chi connectivity index (χ4v) is 5.44. The zero-order chi connectivity index (χ0) is 23.5. The number of halogens is 2. The second-order valence-corrected chi connectivity index (χ2v) is 10.2. The Morgan fingerprint density at radius 2 is 2.00 bits per heavy atom. The van der Waals surface area contributed by atoms with E-state index in [0.29, 0.717) is 23.6 Å². The number of pyridine rings is 1. The highest BCUT2D eigenvalue weighted by atomic mass is 35.5. The first-order chi connectivity index (χ1) is 16.6. The molecule has 0 aliphatic carbocycles. The number of aromatic amines is 1. The molecule has 0 amide bonds. The molecule has 0 bridgehead atoms. The summed E-state index contributed by atoms with van der Waals surface area (Å²) in [5.74, 6) is 1.08. The molecule has 0 unspecified atom stereocenters. The van der Waals surface area contributed by atoms with Crippen LogP contribution in [0, 0.1) is 12.7 Å². The summed E-state index contributed by atoms with van der Waals surface area (Å²) >= 11 is 9.13. The van der Waals surface area contributed by atoms with E-state index in [-0.39, 0.29) is 12.4 Å². The van der Waals surface area contributed by atoms with Gasteiger partial charge in [-0.3, -0.25) is 4.98 Å². The summed E-state index contributed by atoms with van der Waals surface area (Å²) in [7, 11) is 0. The first-order valence-electron chi connectivity index (χ1n) is 10.5. The lowest BCUT2D eigenvalue weighted by atomic mass is 10.2. The van der Waals surface area contributed by atoms with Gasteiger partial charge in [-0.2, -0.15) is 0 Å². The zero-order valence-corrected chi connectivity index (χ0v) is 20.5. The number of thiazole rings is 1. The second-order valence-electron chi connectivity index (χ2n) is 7.45. The average Bonchev–Trinajstić information content (AvgIpc) is 3.54. The number of imidazole rings is 1. The van der Waals surface area contributed by atoms with Crippen LogP contribution in [0.15, 0.2) is 36.8 Å². The normalized spacial score (nSPS) is 11.4. The number of rotatable bonds is 9. The maximum atomic E-state index is 13.9. The van der Waals surface area contributed by atoms with Crippen molar-refractivity contribution in [1.29, 1.82) is 0 Å². The number of hydrogen-bond donors (Lipinski definition) is 3. The molecule has 0 spiro atoms. The van der Waals surface area contributed by atoms with Gasteiger partial charge in [0, 0.05) is 25.7 Å². The molecule has 5 aromatic heterocycles. The van der Waals surface area contributed by atoms with Crippen molar-refractivity contribution in [3.05, 3.63) is 69.2 Å². The Labute approximate surface area is 207 Å². The smallest absolute Gasteiger partial charge is 0.157 e. The SMILES string of the molecule is Cc1nc(-c2ccc(Cl)s2)c(CNCCc2nc3c(NCc4ncccc4F)ncnc3s2)[nH]1. The minimum absolute atomic E-state index is 0.217. The quantitative estimate of drug-likeness (QED) is 0.238. The average molecular weight is 515 g/mol. The van der Waals surface area contributed by atoms with Gasteiger partial charge in [-0.05, 0) is 31.2 Å². The Bertz CT molecular complexity index is 1430. The van der Waals surface area contributed by atoms with Gasteiger partial charge >= 0.3 is 0 Å². The van der Waals surface area contributed by atoms with Gasteiger partial charge in [0.2, 0.25) is 0 Å². The number of nitrogens with one attached hydrogen (secondary N) is 3. The Hall–Kier alpha value is -2.99. The minimum atomic E-state index is -0.358. The molecular weight excluding hydrogens is 495 g/mol. The van der Waals surface area contributed by atoms with Crippen molar-refractivity contribution < 1.29 is 4.39 Å². The summed E-state index contributed by atoms with van der Waals surface area (Å²) in [6, 6.07) is 6.82. The highest BCUT2D eigenvalue weighted by Gasteiger charge is 2.14. The van der Waals surface area contributed by atoms with Crippen LogP contribution < -0.4 is 10.6 Å². The third-order valence-corrected chi connectivity index (χ3v) is 7.28. The number of fused-ring (bicyclic) bond motifs is 1. The Balaban J connectivity index is 1.21. The molecule has 0 atom stereocenters. The van der Waals surface area contributed by atoms with Gasteiger partial charge in [-0.15, -0.1) is 11.3 Å². The lowest BCUT2D eigenvalue weighted by Gasteiger charge is -2.05. The van der Waals surface area contributed by atoms with Crippen LogP contribution in [0.3, 0.4) is 0 Å². The van der Waals surface area contributed by atoms with E-state index in [0.717, 1.165) is 49.2 Å². The molecule has 8 nitrogen and oxygen atoms in total. The van der Waals surface area contributed by atoms with Gasteiger partial charge in [0.15, 0.2) is 5.82 Å². The van der Waals surface area contributed by atoms with E-state index in [4.69, 9.17) is 16.6 Å². The molecule has 0 radical (unpaired) electrons. The maximum Gasteiger partial charge on any atom is 0.157 e. The van der Waals surface area contributed by atoms with Gasteiger partial charge in [0.25, 0.3) is 0 Å². The van der Waals surface area contributed by atoms with Crippen LogP contribution in [0.5, 0.6) is 0 Å². The number of anilines is 1. The molecule has 0 saturated heterocycles. The predicted octanol–water partition coefficient (Wildman–Crippen LogP) is 4.98. The standard InChI is InChI=1S/C22H20ClFN8S2/c1-12-30-15(19(31-12)16-4-5-17(23)33-16)9-25-8-6-18-32-20-21(28-11-29-22(20)34-18)27-10-14-13(24)3-2-7-26-14/h2-5,7,11,25H,6,8-10H2,1H3,(H,30,31)(H,27,28,29). The first-order valence-corrected chi connectivity index (χ1v) is 12.5. The summed E-state index contributed by atoms with van der Waals surface area (Å²) in [5, 5.41) is 7.53. The van der Waals surface area contributed by atoms with Crippen molar-refractivity contribution in [2.75, 3.05) is 11.9 Å². The summed E-state index contributed by atoms with van der Waals surface area (Å²) in [6.45, 7) is 3.55. The summed E-state index contributed by atoms with van der Waals surface area (Å²) in [6.07, 6.45) is 3.79. The van der Waals surface area contributed by atoms with Crippen molar-refractivity contribution in [3.63, 3.8) is 0 Å². The third kappa shape index (κ3) is 5.07. The molecule has 3 N–H and O–H groups in total. The van der Waals surface area contributed by atoms with Crippen molar-refractivity contribution in [1.82, 2.24) is 35.2 Å². The van der Waals surface area contributed by atoms with Crippen LogP contribution in [0.1, 0.15) is 22.2 Å². The topological polar surface area (TPSA) is 104 Å². The van der Waals surface area contributed by atoms with E-state index in [2.05, 4.69) is 35.6 Å². The van der Waals surface area contributed by atoms with E-state index in [1.807, 2.05) is 19.1 Å². The molecule has 5 aromatic rings. The molecule has 0 fully saturated rings. The van der Waals surface area contributed by atoms with Crippen LogP contribution in [-0.4, -0.2) is 36.4 Å². The fourth-order valence-electron chi connectivity index (χ4n) is 3.47. The first kappa shape index (κ1) is 22.8. The Morgan fingerprint density at radius 1 is 1.09 bits per heavy atom. The highest BCUT2D eigenvalue weighted by Crippen LogP contribution is 2.32. The van der Waals surface area contributed by atoms with E-state index in [1.54, 1.807) is 12.3 Å². The summed E-state index contributed by atoms with van der Waals surface area (Å²) < 4.78 is 14.6.